The molecule has 2 aromatic carbocycles. The average Bonchev–Trinajstić information content (AvgIpc) is 2.37. The quantitative estimate of drug-likeness (QED) is 0.795. The van der Waals surface area contributed by atoms with Crippen molar-refractivity contribution in [1.82, 2.24) is 0 Å². The predicted molar refractivity (Wildman–Crippen MR) is 64.9 cm³/mol. The number of nitrogens with zero attached hydrogens (tertiary/aromatic N) is 2. The minimum atomic E-state index is -4.54. The Balaban J connectivity index is 2.39. The molecule has 0 N–H and O–H groups in total. The van der Waals surface area contributed by atoms with Gasteiger partial charge in [-0.2, -0.15) is 13.5 Å². The van der Waals surface area contributed by atoms with Crippen LogP contribution in [0.2, 0.25) is 0 Å². The zero-order chi connectivity index (χ0) is 13.0. The second-order valence-corrected chi connectivity index (χ2v) is 4.81. The zero-order valence-corrected chi connectivity index (χ0v) is 10.0. The molecule has 0 unspecified atom stereocenters. The lowest BCUT2D eigenvalue weighted by atomic mass is 10.3. The topological polar surface area (TPSA) is 78.8 Å². The first-order chi connectivity index (χ1) is 8.57. The molecule has 0 aliphatic heterocycles. The Kier molecular flexibility index (Phi) is 3.50. The summed E-state index contributed by atoms with van der Waals surface area (Å²) in [5.41, 5.74) is 0.618. The van der Waals surface area contributed by atoms with Crippen molar-refractivity contribution in [2.75, 3.05) is 0 Å². The van der Waals surface area contributed by atoms with Gasteiger partial charge in [-0.1, -0.05) is 34.9 Å². The van der Waals surface area contributed by atoms with E-state index in [1.165, 1.54) is 18.2 Å². The maximum Gasteiger partial charge on any atom is 0.326 e. The highest BCUT2D eigenvalue weighted by Gasteiger charge is 2.16. The maximum atomic E-state index is 11.0. The van der Waals surface area contributed by atoms with Gasteiger partial charge < -0.3 is 0 Å². The van der Waals surface area contributed by atoms with E-state index >= 15 is 0 Å². The Hall–Kier alpha value is -2.05. The van der Waals surface area contributed by atoms with E-state index in [0.717, 1.165) is 0 Å². The van der Waals surface area contributed by atoms with Gasteiger partial charge in [0.05, 0.1) is 5.69 Å². The molecule has 2 aromatic rings. The molecule has 0 fully saturated rings. The van der Waals surface area contributed by atoms with Crippen molar-refractivity contribution in [2.24, 2.45) is 10.2 Å². The summed E-state index contributed by atoms with van der Waals surface area (Å²) in [6.45, 7) is 0. The van der Waals surface area contributed by atoms with Gasteiger partial charge in [0.1, 0.15) is 10.6 Å². The summed E-state index contributed by atoms with van der Waals surface area (Å²) in [5.74, 6) is 0. The van der Waals surface area contributed by atoms with Crippen molar-refractivity contribution in [3.05, 3.63) is 54.6 Å². The molecule has 2 rings (SSSR count). The van der Waals surface area contributed by atoms with Gasteiger partial charge in [-0.3, -0.25) is 0 Å². The minimum absolute atomic E-state index is 0.0383. The van der Waals surface area contributed by atoms with Crippen molar-refractivity contribution >= 4 is 21.5 Å². The molecule has 0 heterocycles. The van der Waals surface area contributed by atoms with Crippen molar-refractivity contribution < 1.29 is 13.0 Å². The Morgan fingerprint density at radius 1 is 0.778 bits per heavy atom. The summed E-state index contributed by atoms with van der Waals surface area (Å²) in [7, 11) is -4.54. The molecule has 0 atom stereocenters. The summed E-state index contributed by atoms with van der Waals surface area (Å²) in [6, 6.07) is 14.5. The fraction of sp³-hybridized carbons (Fsp3) is 0. The minimum Gasteiger partial charge on any atom is -0.191 e. The Labute approximate surface area is 105 Å². The largest absolute Gasteiger partial charge is 0.326 e. The first kappa shape index (κ1) is 12.4. The number of benzene rings is 2. The van der Waals surface area contributed by atoms with Crippen LogP contribution < -0.4 is 0 Å². The SMILES string of the molecule is [O]S(=O)(=O)c1ccccc1N=Nc1ccccc1. The van der Waals surface area contributed by atoms with E-state index < -0.39 is 10.1 Å². The first-order valence-corrected chi connectivity index (χ1v) is 6.50. The van der Waals surface area contributed by atoms with Gasteiger partial charge in [0.2, 0.25) is 0 Å². The van der Waals surface area contributed by atoms with E-state index in [1.807, 2.05) is 6.07 Å². The molecule has 18 heavy (non-hydrogen) atoms. The van der Waals surface area contributed by atoms with E-state index in [0.29, 0.717) is 5.69 Å². The van der Waals surface area contributed by atoms with Crippen molar-refractivity contribution in [2.45, 2.75) is 4.90 Å². The van der Waals surface area contributed by atoms with Gasteiger partial charge in [0, 0.05) is 0 Å². The molecule has 0 saturated carbocycles. The lowest BCUT2D eigenvalue weighted by Gasteiger charge is -1.98. The lowest BCUT2D eigenvalue weighted by molar-refractivity contribution is 0.414. The molecule has 0 aliphatic rings. The zero-order valence-electron chi connectivity index (χ0n) is 9.22. The average molecular weight is 261 g/mol. The van der Waals surface area contributed by atoms with Crippen LogP contribution in [0, 0.1) is 0 Å². The van der Waals surface area contributed by atoms with Crippen LogP contribution in [0.25, 0.3) is 0 Å². The van der Waals surface area contributed by atoms with Crippen LogP contribution in [0.4, 0.5) is 11.4 Å². The molecule has 91 valence electrons. The van der Waals surface area contributed by atoms with Crippen molar-refractivity contribution in [3.63, 3.8) is 0 Å². The second kappa shape index (κ2) is 5.07. The molecule has 5 nitrogen and oxygen atoms in total. The highest BCUT2D eigenvalue weighted by molar-refractivity contribution is 7.85. The van der Waals surface area contributed by atoms with Gasteiger partial charge in [0.15, 0.2) is 0 Å². The summed E-state index contributed by atoms with van der Waals surface area (Å²) >= 11 is 0. The van der Waals surface area contributed by atoms with E-state index in [1.54, 1.807) is 30.3 Å². The van der Waals surface area contributed by atoms with Crippen LogP contribution in [-0.4, -0.2) is 8.42 Å². The summed E-state index contributed by atoms with van der Waals surface area (Å²) in [5, 5.41) is 7.66. The van der Waals surface area contributed by atoms with Gasteiger partial charge in [0.25, 0.3) is 0 Å². The van der Waals surface area contributed by atoms with Crippen LogP contribution in [0.5, 0.6) is 0 Å². The van der Waals surface area contributed by atoms with Crippen LogP contribution in [0.3, 0.4) is 0 Å². The van der Waals surface area contributed by atoms with Gasteiger partial charge in [-0.05, 0) is 24.3 Å². The molecular formula is C12H9N2O3S. The number of hydrogen-bond donors (Lipinski definition) is 0. The second-order valence-electron chi connectivity index (χ2n) is 3.46. The number of rotatable bonds is 3. The summed E-state index contributed by atoms with van der Waals surface area (Å²) in [6.07, 6.45) is 0. The molecular weight excluding hydrogens is 252 g/mol. The van der Waals surface area contributed by atoms with Crippen LogP contribution in [-0.2, 0) is 14.7 Å². The third-order valence-corrected chi connectivity index (χ3v) is 3.05. The molecule has 0 aromatic heterocycles. The predicted octanol–water partition coefficient (Wildman–Crippen LogP) is 3.22. The smallest absolute Gasteiger partial charge is 0.191 e. The fourth-order valence-corrected chi connectivity index (χ4v) is 1.97. The van der Waals surface area contributed by atoms with Crippen LogP contribution in [0.1, 0.15) is 0 Å². The van der Waals surface area contributed by atoms with E-state index in [4.69, 9.17) is 0 Å². The third kappa shape index (κ3) is 2.99. The van der Waals surface area contributed by atoms with Crippen molar-refractivity contribution in [3.8, 4) is 0 Å². The molecule has 0 aliphatic carbocycles. The number of azo groups is 1. The number of hydrogen-bond acceptors (Lipinski definition) is 4. The first-order valence-electron chi connectivity index (χ1n) is 5.09. The molecule has 1 radical (unpaired) electrons. The fourth-order valence-electron chi connectivity index (χ4n) is 1.36. The van der Waals surface area contributed by atoms with Gasteiger partial charge in [-0.25, -0.2) is 0 Å². The highest BCUT2D eigenvalue weighted by Crippen LogP contribution is 2.25. The van der Waals surface area contributed by atoms with E-state index in [-0.39, 0.29) is 10.6 Å². The third-order valence-electron chi connectivity index (χ3n) is 2.16. The molecule has 0 spiro atoms. The van der Waals surface area contributed by atoms with Gasteiger partial charge in [-0.15, -0.1) is 5.11 Å². The Morgan fingerprint density at radius 2 is 1.39 bits per heavy atom. The molecule has 6 heteroatoms. The summed E-state index contributed by atoms with van der Waals surface area (Å²) < 4.78 is 33.0. The van der Waals surface area contributed by atoms with E-state index in [2.05, 4.69) is 10.2 Å². The Bertz CT molecular complexity index is 667. The summed E-state index contributed by atoms with van der Waals surface area (Å²) in [4.78, 5) is -0.371. The van der Waals surface area contributed by atoms with E-state index in [9.17, 15) is 13.0 Å². The van der Waals surface area contributed by atoms with Crippen LogP contribution in [0.15, 0.2) is 69.7 Å². The van der Waals surface area contributed by atoms with Crippen molar-refractivity contribution in [1.29, 1.82) is 0 Å². The highest BCUT2D eigenvalue weighted by atomic mass is 32.2. The maximum absolute atomic E-state index is 11.0. The van der Waals surface area contributed by atoms with Gasteiger partial charge >= 0.3 is 10.1 Å². The molecule has 0 amide bonds. The normalized spacial score (nSPS) is 11.8. The van der Waals surface area contributed by atoms with Crippen LogP contribution >= 0.6 is 0 Å². The molecule has 0 saturated heterocycles. The Morgan fingerprint density at radius 3 is 2.06 bits per heavy atom. The monoisotopic (exact) mass is 261 g/mol. The lowest BCUT2D eigenvalue weighted by Crippen LogP contribution is -1.95. The molecule has 0 bridgehead atoms. The standard InChI is InChI=1S/C12H9N2O3S/c15-18(16,17)12-9-5-4-8-11(12)14-13-10-6-2-1-3-7-10/h1-9H.